The first-order valence-corrected chi connectivity index (χ1v) is 8.05. The molecule has 4 rings (SSSR count). The first-order valence-electron chi connectivity index (χ1n) is 6.57. The van der Waals surface area contributed by atoms with Crippen molar-refractivity contribution in [2.24, 2.45) is 0 Å². The molecule has 6 nitrogen and oxygen atoms in total. The van der Waals surface area contributed by atoms with Gasteiger partial charge < -0.3 is 4.98 Å². The predicted molar refractivity (Wildman–Crippen MR) is 81.1 cm³/mol. The highest BCUT2D eigenvalue weighted by molar-refractivity contribution is 7.91. The van der Waals surface area contributed by atoms with Crippen LogP contribution in [0.3, 0.4) is 0 Å². The van der Waals surface area contributed by atoms with Crippen LogP contribution in [0.5, 0.6) is 0 Å². The molecule has 2 heterocycles. The zero-order valence-electron chi connectivity index (χ0n) is 11.3. The second kappa shape index (κ2) is 4.60. The minimum absolute atomic E-state index is 0.149. The van der Waals surface area contributed by atoms with Gasteiger partial charge in [-0.1, -0.05) is 30.3 Å². The van der Waals surface area contributed by atoms with Gasteiger partial charge in [0.2, 0.25) is 15.0 Å². The topological polar surface area (TPSA) is 88.6 Å². The van der Waals surface area contributed by atoms with E-state index in [9.17, 15) is 8.42 Å². The molecule has 1 N–H and O–H groups in total. The van der Waals surface area contributed by atoms with E-state index in [-0.39, 0.29) is 15.7 Å². The summed E-state index contributed by atoms with van der Waals surface area (Å²) in [5.41, 5.74) is 1.99. The molecule has 2 aromatic heterocycles. The number of H-pyrrole nitrogens is 1. The highest BCUT2D eigenvalue weighted by Crippen LogP contribution is 2.21. The lowest BCUT2D eigenvalue weighted by molar-refractivity contribution is 0.589. The van der Waals surface area contributed by atoms with E-state index in [0.29, 0.717) is 16.7 Å². The minimum atomic E-state index is -3.71. The Morgan fingerprint density at radius 1 is 0.773 bits per heavy atom. The van der Waals surface area contributed by atoms with Gasteiger partial charge in [0.05, 0.1) is 15.9 Å². The number of rotatable bonds is 2. The largest absolute Gasteiger partial charge is 0.312 e. The molecule has 0 saturated heterocycles. The summed E-state index contributed by atoms with van der Waals surface area (Å²) in [6.45, 7) is 0. The Hall–Kier alpha value is -2.80. The summed E-state index contributed by atoms with van der Waals surface area (Å²) in [6, 6.07) is 15.5. The summed E-state index contributed by atoms with van der Waals surface area (Å²) >= 11 is 0. The maximum Gasteiger partial charge on any atom is 0.240 e. The number of benzene rings is 2. The van der Waals surface area contributed by atoms with Gasteiger partial charge in [0, 0.05) is 0 Å². The molecule has 7 heteroatoms. The monoisotopic (exact) mass is 310 g/mol. The Labute approximate surface area is 125 Å². The molecule has 0 atom stereocenters. The van der Waals surface area contributed by atoms with Crippen LogP contribution in [-0.4, -0.2) is 28.4 Å². The van der Waals surface area contributed by atoms with Crippen molar-refractivity contribution in [2.45, 2.75) is 10.1 Å². The van der Waals surface area contributed by atoms with E-state index < -0.39 is 9.84 Å². The van der Waals surface area contributed by atoms with E-state index in [0.717, 1.165) is 0 Å². The number of imidazole rings is 1. The van der Waals surface area contributed by atoms with Crippen LogP contribution in [0.4, 0.5) is 0 Å². The van der Waals surface area contributed by atoms with Crippen molar-refractivity contribution >= 4 is 32.2 Å². The van der Waals surface area contributed by atoms with Gasteiger partial charge >= 0.3 is 0 Å². The van der Waals surface area contributed by atoms with Gasteiger partial charge in [-0.3, -0.25) is 0 Å². The van der Waals surface area contributed by atoms with Gasteiger partial charge in [0.25, 0.3) is 0 Å². The Morgan fingerprint density at radius 3 is 2.14 bits per heavy atom. The molecule has 0 aliphatic carbocycles. The van der Waals surface area contributed by atoms with Crippen LogP contribution < -0.4 is 0 Å². The SMILES string of the molecule is O=S(=O)(c1ccccc1)c1nc2nc3ccccc3nc2[nH]1. The zero-order chi connectivity index (χ0) is 15.2. The van der Waals surface area contributed by atoms with Gasteiger partial charge in [-0.2, -0.15) is 4.98 Å². The zero-order valence-corrected chi connectivity index (χ0v) is 12.1. The Bertz CT molecular complexity index is 1040. The molecule has 22 heavy (non-hydrogen) atoms. The molecular formula is C15H10N4O2S. The van der Waals surface area contributed by atoms with E-state index >= 15 is 0 Å². The van der Waals surface area contributed by atoms with Crippen LogP contribution in [-0.2, 0) is 9.84 Å². The lowest BCUT2D eigenvalue weighted by Crippen LogP contribution is -2.03. The Kier molecular flexibility index (Phi) is 2.70. The maximum absolute atomic E-state index is 12.5. The molecule has 0 spiro atoms. The van der Waals surface area contributed by atoms with E-state index in [1.54, 1.807) is 18.2 Å². The molecule has 0 saturated carbocycles. The fourth-order valence-electron chi connectivity index (χ4n) is 2.22. The number of aromatic amines is 1. The third-order valence-electron chi connectivity index (χ3n) is 3.29. The number of hydrogen-bond donors (Lipinski definition) is 1. The lowest BCUT2D eigenvalue weighted by Gasteiger charge is -1.99. The third kappa shape index (κ3) is 1.94. The highest BCUT2D eigenvalue weighted by Gasteiger charge is 2.22. The molecule has 0 fully saturated rings. The number of para-hydroxylation sites is 2. The maximum atomic E-state index is 12.5. The van der Waals surface area contributed by atoms with Crippen molar-refractivity contribution in [1.82, 2.24) is 19.9 Å². The van der Waals surface area contributed by atoms with Crippen LogP contribution in [0.2, 0.25) is 0 Å². The van der Waals surface area contributed by atoms with E-state index in [1.807, 2.05) is 24.3 Å². The van der Waals surface area contributed by atoms with Crippen molar-refractivity contribution in [3.63, 3.8) is 0 Å². The van der Waals surface area contributed by atoms with E-state index in [4.69, 9.17) is 0 Å². The average Bonchev–Trinajstić information content (AvgIpc) is 2.97. The fourth-order valence-corrected chi connectivity index (χ4v) is 3.39. The highest BCUT2D eigenvalue weighted by atomic mass is 32.2. The normalized spacial score (nSPS) is 12.0. The molecule has 0 aliphatic rings. The lowest BCUT2D eigenvalue weighted by atomic mass is 10.3. The number of nitrogens with one attached hydrogen (secondary N) is 1. The summed E-state index contributed by atoms with van der Waals surface area (Å²) in [5, 5.41) is -0.149. The molecule has 0 aliphatic heterocycles. The van der Waals surface area contributed by atoms with E-state index in [1.165, 1.54) is 12.1 Å². The van der Waals surface area contributed by atoms with Gasteiger partial charge in [-0.15, -0.1) is 0 Å². The molecule has 0 unspecified atom stereocenters. The van der Waals surface area contributed by atoms with Crippen LogP contribution >= 0.6 is 0 Å². The molecule has 0 amide bonds. The first-order chi connectivity index (χ1) is 10.6. The molecule has 108 valence electrons. The standard InChI is InChI=1S/C15H10N4O2S/c20-22(21,10-6-2-1-3-7-10)15-18-13-14(19-15)17-12-9-5-4-8-11(12)16-13/h1-9H,(H,16,17,18,19). The number of sulfone groups is 1. The smallest absolute Gasteiger partial charge is 0.240 e. The van der Waals surface area contributed by atoms with Crippen LogP contribution in [0.25, 0.3) is 22.3 Å². The summed E-state index contributed by atoms with van der Waals surface area (Å²) < 4.78 is 25.1. The van der Waals surface area contributed by atoms with Gasteiger partial charge in [0.1, 0.15) is 0 Å². The van der Waals surface area contributed by atoms with Crippen LogP contribution in [0.15, 0.2) is 64.6 Å². The fraction of sp³-hybridized carbons (Fsp3) is 0. The summed E-state index contributed by atoms with van der Waals surface area (Å²) in [6.07, 6.45) is 0. The predicted octanol–water partition coefficient (Wildman–Crippen LogP) is 2.34. The molecular weight excluding hydrogens is 300 g/mol. The van der Waals surface area contributed by atoms with Gasteiger partial charge in [-0.05, 0) is 24.3 Å². The first kappa shape index (κ1) is 12.9. The minimum Gasteiger partial charge on any atom is -0.312 e. The van der Waals surface area contributed by atoms with Crippen molar-refractivity contribution < 1.29 is 8.42 Å². The second-order valence-corrected chi connectivity index (χ2v) is 6.61. The second-order valence-electron chi connectivity index (χ2n) is 4.74. The van der Waals surface area contributed by atoms with Crippen LogP contribution in [0, 0.1) is 0 Å². The Morgan fingerprint density at radius 2 is 1.41 bits per heavy atom. The Balaban J connectivity index is 1.95. The summed E-state index contributed by atoms with van der Waals surface area (Å²) in [5.74, 6) is 0. The van der Waals surface area contributed by atoms with Crippen LogP contribution in [0.1, 0.15) is 0 Å². The van der Waals surface area contributed by atoms with E-state index in [2.05, 4.69) is 19.9 Å². The average molecular weight is 310 g/mol. The van der Waals surface area contributed by atoms with Gasteiger partial charge in [-0.25, -0.2) is 18.4 Å². The number of hydrogen-bond acceptors (Lipinski definition) is 5. The molecule has 2 aromatic carbocycles. The molecule has 0 radical (unpaired) electrons. The van der Waals surface area contributed by atoms with Crippen molar-refractivity contribution in [3.05, 3.63) is 54.6 Å². The molecule has 4 aromatic rings. The number of nitrogens with zero attached hydrogens (tertiary/aromatic N) is 3. The number of fused-ring (bicyclic) bond motifs is 2. The summed E-state index contributed by atoms with van der Waals surface area (Å²) in [7, 11) is -3.71. The van der Waals surface area contributed by atoms with Crippen molar-refractivity contribution in [3.8, 4) is 0 Å². The van der Waals surface area contributed by atoms with Crippen molar-refractivity contribution in [1.29, 1.82) is 0 Å². The van der Waals surface area contributed by atoms with Gasteiger partial charge in [0.15, 0.2) is 11.3 Å². The number of aromatic nitrogens is 4. The van der Waals surface area contributed by atoms with Crippen molar-refractivity contribution in [2.75, 3.05) is 0 Å². The molecule has 0 bridgehead atoms. The third-order valence-corrected chi connectivity index (χ3v) is 4.89. The summed E-state index contributed by atoms with van der Waals surface area (Å²) in [4.78, 5) is 15.7. The quantitative estimate of drug-likeness (QED) is 0.614.